The van der Waals surface area contributed by atoms with Crippen LogP contribution in [0.3, 0.4) is 0 Å². The molecule has 0 saturated carbocycles. The van der Waals surface area contributed by atoms with Crippen LogP contribution in [0.1, 0.15) is 29.4 Å². The van der Waals surface area contributed by atoms with Crippen molar-refractivity contribution in [3.05, 3.63) is 54.1 Å². The summed E-state index contributed by atoms with van der Waals surface area (Å²) in [5.41, 5.74) is -0.205. The molecule has 2 N–H and O–H groups in total. The van der Waals surface area contributed by atoms with Gasteiger partial charge in [0.25, 0.3) is 5.91 Å². The summed E-state index contributed by atoms with van der Waals surface area (Å²) >= 11 is 0. The van der Waals surface area contributed by atoms with Crippen molar-refractivity contribution in [1.29, 1.82) is 0 Å². The number of hydrogen-bond acceptors (Lipinski definition) is 3. The number of carboxylic acids is 1. The first-order valence-electron chi connectivity index (χ1n) is 7.04. The monoisotopic (exact) mass is 301 g/mol. The van der Waals surface area contributed by atoms with Crippen molar-refractivity contribution in [3.63, 3.8) is 0 Å². The largest absolute Gasteiger partial charge is 0.481 e. The average Bonchev–Trinajstić information content (AvgIpc) is 2.95. The lowest BCUT2D eigenvalue weighted by Crippen LogP contribution is -2.46. The Morgan fingerprint density at radius 1 is 1.32 bits per heavy atom. The zero-order valence-electron chi connectivity index (χ0n) is 12.6. The van der Waals surface area contributed by atoms with Crippen molar-refractivity contribution in [3.8, 4) is 0 Å². The third-order valence-corrected chi connectivity index (χ3v) is 3.83. The van der Waals surface area contributed by atoms with Gasteiger partial charge in [-0.3, -0.25) is 9.59 Å². The summed E-state index contributed by atoms with van der Waals surface area (Å²) in [6, 6.07) is 8.96. The second-order valence-electron chi connectivity index (χ2n) is 5.21. The number of rotatable bonds is 6. The van der Waals surface area contributed by atoms with Crippen molar-refractivity contribution in [1.82, 2.24) is 14.9 Å². The Hall–Kier alpha value is -2.63. The van der Waals surface area contributed by atoms with E-state index >= 15 is 0 Å². The zero-order valence-corrected chi connectivity index (χ0v) is 12.6. The first kappa shape index (κ1) is 15.8. The molecule has 1 atom stereocenters. The SMILES string of the molecule is CCC(CNC(=O)c1cn(C)cn1)(C(=O)O)c1ccccc1. The molecule has 1 heterocycles. The number of aromatic nitrogens is 2. The summed E-state index contributed by atoms with van der Waals surface area (Å²) in [6.45, 7) is 1.81. The number of hydrogen-bond donors (Lipinski definition) is 2. The highest BCUT2D eigenvalue weighted by molar-refractivity contribution is 5.93. The molecular formula is C16H19N3O3. The van der Waals surface area contributed by atoms with Gasteiger partial charge >= 0.3 is 5.97 Å². The smallest absolute Gasteiger partial charge is 0.315 e. The molecule has 116 valence electrons. The molecule has 0 spiro atoms. The van der Waals surface area contributed by atoms with Crippen LogP contribution in [0.5, 0.6) is 0 Å². The van der Waals surface area contributed by atoms with Gasteiger partial charge in [-0.2, -0.15) is 0 Å². The van der Waals surface area contributed by atoms with Gasteiger partial charge in [0.2, 0.25) is 0 Å². The molecule has 6 nitrogen and oxygen atoms in total. The van der Waals surface area contributed by atoms with Gasteiger partial charge in [0, 0.05) is 19.8 Å². The highest BCUT2D eigenvalue weighted by Crippen LogP contribution is 2.27. The first-order chi connectivity index (χ1) is 10.5. The molecule has 6 heteroatoms. The van der Waals surface area contributed by atoms with Crippen LogP contribution in [-0.2, 0) is 17.3 Å². The lowest BCUT2D eigenvalue weighted by molar-refractivity contribution is -0.143. The summed E-state index contributed by atoms with van der Waals surface area (Å²) in [6.07, 6.45) is 3.48. The Labute approximate surface area is 128 Å². The van der Waals surface area contributed by atoms with Crippen LogP contribution in [-0.4, -0.2) is 33.1 Å². The molecule has 1 aromatic carbocycles. The van der Waals surface area contributed by atoms with E-state index in [0.29, 0.717) is 12.0 Å². The van der Waals surface area contributed by atoms with Crippen LogP contribution in [0.2, 0.25) is 0 Å². The Morgan fingerprint density at radius 2 is 2.00 bits per heavy atom. The van der Waals surface area contributed by atoms with E-state index in [2.05, 4.69) is 10.3 Å². The van der Waals surface area contributed by atoms with Crippen LogP contribution in [0.15, 0.2) is 42.9 Å². The number of carbonyl (C=O) groups excluding carboxylic acids is 1. The number of carboxylic acid groups (broad SMARTS) is 1. The van der Waals surface area contributed by atoms with Gasteiger partial charge in [-0.15, -0.1) is 0 Å². The first-order valence-corrected chi connectivity index (χ1v) is 7.04. The third-order valence-electron chi connectivity index (χ3n) is 3.83. The predicted octanol–water partition coefficient (Wildman–Crippen LogP) is 1.58. The van der Waals surface area contributed by atoms with Crippen molar-refractivity contribution in [2.75, 3.05) is 6.54 Å². The van der Waals surface area contributed by atoms with Crippen molar-refractivity contribution in [2.24, 2.45) is 7.05 Å². The summed E-state index contributed by atoms with van der Waals surface area (Å²) in [5.74, 6) is -1.34. The minimum absolute atomic E-state index is 0.0122. The summed E-state index contributed by atoms with van der Waals surface area (Å²) < 4.78 is 1.66. The molecule has 22 heavy (non-hydrogen) atoms. The van der Waals surface area contributed by atoms with E-state index in [9.17, 15) is 14.7 Å². The number of aliphatic carboxylic acids is 1. The van der Waals surface area contributed by atoms with E-state index < -0.39 is 11.4 Å². The molecule has 0 bridgehead atoms. The number of nitrogens with one attached hydrogen (secondary N) is 1. The van der Waals surface area contributed by atoms with Crippen molar-refractivity contribution >= 4 is 11.9 Å². The van der Waals surface area contributed by atoms with E-state index in [0.717, 1.165) is 0 Å². The zero-order chi connectivity index (χ0) is 16.2. The summed E-state index contributed by atoms with van der Waals surface area (Å²) in [4.78, 5) is 27.9. The highest BCUT2D eigenvalue weighted by atomic mass is 16.4. The van der Waals surface area contributed by atoms with Gasteiger partial charge in [0.1, 0.15) is 11.1 Å². The number of benzene rings is 1. The minimum Gasteiger partial charge on any atom is -0.481 e. The fourth-order valence-corrected chi connectivity index (χ4v) is 2.39. The highest BCUT2D eigenvalue weighted by Gasteiger charge is 2.39. The molecular weight excluding hydrogens is 282 g/mol. The van der Waals surface area contributed by atoms with E-state index in [1.54, 1.807) is 49.0 Å². The second-order valence-corrected chi connectivity index (χ2v) is 5.21. The van der Waals surface area contributed by atoms with Crippen molar-refractivity contribution in [2.45, 2.75) is 18.8 Å². The molecule has 0 fully saturated rings. The van der Waals surface area contributed by atoms with Crippen LogP contribution >= 0.6 is 0 Å². The quantitative estimate of drug-likeness (QED) is 0.848. The maximum absolute atomic E-state index is 12.1. The topological polar surface area (TPSA) is 84.2 Å². The lowest BCUT2D eigenvalue weighted by atomic mass is 9.78. The number of amides is 1. The molecule has 1 amide bonds. The Kier molecular flexibility index (Phi) is 4.60. The second kappa shape index (κ2) is 6.43. The fraction of sp³-hybridized carbons (Fsp3) is 0.312. The maximum Gasteiger partial charge on any atom is 0.315 e. The van der Waals surface area contributed by atoms with Gasteiger partial charge < -0.3 is 15.0 Å². The summed E-state index contributed by atoms with van der Waals surface area (Å²) in [7, 11) is 1.77. The predicted molar refractivity (Wildman–Crippen MR) is 81.6 cm³/mol. The molecule has 2 aromatic rings. The normalized spacial score (nSPS) is 13.4. The molecule has 0 saturated heterocycles. The van der Waals surface area contributed by atoms with Gasteiger partial charge in [-0.25, -0.2) is 4.98 Å². The molecule has 1 aromatic heterocycles. The fourth-order valence-electron chi connectivity index (χ4n) is 2.39. The average molecular weight is 301 g/mol. The minimum atomic E-state index is -1.15. The van der Waals surface area contributed by atoms with Gasteiger partial charge in [0.05, 0.1) is 6.33 Å². The van der Waals surface area contributed by atoms with Crippen LogP contribution < -0.4 is 5.32 Å². The number of nitrogens with zero attached hydrogens (tertiary/aromatic N) is 2. The Bertz CT molecular complexity index is 666. The molecule has 2 rings (SSSR count). The Balaban J connectivity index is 2.21. The van der Waals surface area contributed by atoms with Crippen LogP contribution in [0.25, 0.3) is 0 Å². The molecule has 0 aliphatic carbocycles. The van der Waals surface area contributed by atoms with E-state index in [1.165, 1.54) is 6.33 Å². The molecule has 0 aliphatic heterocycles. The van der Waals surface area contributed by atoms with Gasteiger partial charge in [-0.05, 0) is 12.0 Å². The molecule has 0 radical (unpaired) electrons. The number of aryl methyl sites for hydroxylation is 1. The van der Waals surface area contributed by atoms with Gasteiger partial charge in [0.15, 0.2) is 0 Å². The van der Waals surface area contributed by atoms with Crippen molar-refractivity contribution < 1.29 is 14.7 Å². The number of imidazole rings is 1. The van der Waals surface area contributed by atoms with Gasteiger partial charge in [-0.1, -0.05) is 37.3 Å². The van der Waals surface area contributed by atoms with E-state index in [4.69, 9.17) is 0 Å². The maximum atomic E-state index is 12.1. The lowest BCUT2D eigenvalue weighted by Gasteiger charge is -2.28. The summed E-state index contributed by atoms with van der Waals surface area (Å²) in [5, 5.41) is 12.4. The van der Waals surface area contributed by atoms with E-state index in [1.807, 2.05) is 6.07 Å². The molecule has 1 unspecified atom stereocenters. The Morgan fingerprint density at radius 3 is 2.50 bits per heavy atom. The van der Waals surface area contributed by atoms with Crippen LogP contribution in [0.4, 0.5) is 0 Å². The third kappa shape index (κ3) is 3.00. The molecule has 0 aliphatic rings. The van der Waals surface area contributed by atoms with E-state index in [-0.39, 0.29) is 18.1 Å². The standard InChI is InChI=1S/C16H19N3O3/c1-3-16(15(21)22,12-7-5-4-6-8-12)10-17-14(20)13-9-19(2)11-18-13/h4-9,11H,3,10H2,1-2H3,(H,17,20)(H,21,22). The van der Waals surface area contributed by atoms with Crippen LogP contribution in [0, 0.1) is 0 Å². The number of carbonyl (C=O) groups is 2.